The van der Waals surface area contributed by atoms with Gasteiger partial charge < -0.3 is 20.9 Å². The highest BCUT2D eigenvalue weighted by Gasteiger charge is 2.28. The van der Waals surface area contributed by atoms with Crippen molar-refractivity contribution in [2.75, 3.05) is 44.8 Å². The quantitative estimate of drug-likeness (QED) is 0.866. The van der Waals surface area contributed by atoms with E-state index >= 15 is 0 Å². The van der Waals surface area contributed by atoms with Crippen LogP contribution in [0.2, 0.25) is 0 Å². The molecule has 1 atom stereocenters. The molecule has 1 aromatic rings. The minimum atomic E-state index is 0.0149. The lowest BCUT2D eigenvalue weighted by Gasteiger charge is -2.35. The Morgan fingerprint density at radius 3 is 3.00 bits per heavy atom. The van der Waals surface area contributed by atoms with Gasteiger partial charge in [-0.05, 0) is 33.4 Å². The SMILES string of the molecule is CCCNc1nc(N)c(C(=O)N2CCCC(N(C)C)C2)s1. The number of hydrogen-bond donors (Lipinski definition) is 2. The second-order valence-corrected chi connectivity index (χ2v) is 6.67. The number of nitrogens with zero attached hydrogens (tertiary/aromatic N) is 3. The topological polar surface area (TPSA) is 74.5 Å². The number of aromatic nitrogens is 1. The summed E-state index contributed by atoms with van der Waals surface area (Å²) in [5, 5.41) is 3.92. The predicted octanol–water partition coefficient (Wildman–Crippen LogP) is 1.71. The molecule has 1 saturated heterocycles. The fourth-order valence-corrected chi connectivity index (χ4v) is 3.38. The van der Waals surface area contributed by atoms with Gasteiger partial charge in [0.05, 0.1) is 0 Å². The molecule has 0 bridgehead atoms. The zero-order chi connectivity index (χ0) is 15.4. The molecule has 0 radical (unpaired) electrons. The summed E-state index contributed by atoms with van der Waals surface area (Å²) in [5.74, 6) is 0.358. The zero-order valence-corrected chi connectivity index (χ0v) is 13.9. The number of carbonyl (C=O) groups excluding carboxylic acids is 1. The van der Waals surface area contributed by atoms with E-state index in [0.29, 0.717) is 16.7 Å². The molecule has 2 heterocycles. The zero-order valence-electron chi connectivity index (χ0n) is 13.1. The Hall–Kier alpha value is -1.34. The van der Waals surface area contributed by atoms with Gasteiger partial charge >= 0.3 is 0 Å². The number of amides is 1. The Balaban J connectivity index is 2.07. The highest BCUT2D eigenvalue weighted by molar-refractivity contribution is 7.18. The molecular weight excluding hydrogens is 286 g/mol. The molecule has 118 valence electrons. The molecule has 0 aromatic carbocycles. The van der Waals surface area contributed by atoms with Gasteiger partial charge in [0.1, 0.15) is 10.7 Å². The summed E-state index contributed by atoms with van der Waals surface area (Å²) >= 11 is 1.36. The fourth-order valence-electron chi connectivity index (χ4n) is 2.50. The van der Waals surface area contributed by atoms with Crippen molar-refractivity contribution in [1.29, 1.82) is 0 Å². The average Bonchev–Trinajstić information content (AvgIpc) is 2.85. The van der Waals surface area contributed by atoms with E-state index in [-0.39, 0.29) is 5.91 Å². The lowest BCUT2D eigenvalue weighted by atomic mass is 10.0. The van der Waals surface area contributed by atoms with Crippen molar-refractivity contribution in [2.45, 2.75) is 32.2 Å². The first kappa shape index (κ1) is 16.0. The number of thiazole rings is 1. The summed E-state index contributed by atoms with van der Waals surface area (Å²) in [6, 6.07) is 0.425. The smallest absolute Gasteiger partial charge is 0.267 e. The van der Waals surface area contributed by atoms with Gasteiger partial charge in [0.2, 0.25) is 0 Å². The summed E-state index contributed by atoms with van der Waals surface area (Å²) in [4.78, 5) is 21.5. The lowest BCUT2D eigenvalue weighted by molar-refractivity contribution is 0.0640. The van der Waals surface area contributed by atoms with Gasteiger partial charge in [0.25, 0.3) is 5.91 Å². The second kappa shape index (κ2) is 7.09. The number of nitrogens with two attached hydrogens (primary N) is 1. The van der Waals surface area contributed by atoms with Gasteiger partial charge in [-0.25, -0.2) is 4.98 Å². The van der Waals surface area contributed by atoms with Gasteiger partial charge in [-0.2, -0.15) is 0 Å². The monoisotopic (exact) mass is 311 g/mol. The fraction of sp³-hybridized carbons (Fsp3) is 0.714. The third-order valence-corrected chi connectivity index (χ3v) is 4.80. The van der Waals surface area contributed by atoms with E-state index in [1.807, 2.05) is 4.90 Å². The van der Waals surface area contributed by atoms with Crippen molar-refractivity contribution in [3.05, 3.63) is 4.88 Å². The first-order valence-electron chi connectivity index (χ1n) is 7.48. The van der Waals surface area contributed by atoms with Gasteiger partial charge in [0.15, 0.2) is 5.13 Å². The third-order valence-electron chi connectivity index (χ3n) is 3.79. The molecule has 0 aliphatic carbocycles. The van der Waals surface area contributed by atoms with E-state index in [2.05, 4.69) is 36.2 Å². The minimum absolute atomic E-state index is 0.0149. The molecule has 1 unspecified atom stereocenters. The second-order valence-electron chi connectivity index (χ2n) is 5.67. The van der Waals surface area contributed by atoms with Crippen molar-refractivity contribution < 1.29 is 4.79 Å². The molecule has 0 saturated carbocycles. The number of nitrogen functional groups attached to an aromatic ring is 1. The maximum Gasteiger partial charge on any atom is 0.267 e. The number of hydrogen-bond acceptors (Lipinski definition) is 6. The van der Waals surface area contributed by atoms with Crippen LogP contribution in [0, 0.1) is 0 Å². The molecule has 1 amide bonds. The van der Waals surface area contributed by atoms with Crippen LogP contribution in [0.25, 0.3) is 0 Å². The van der Waals surface area contributed by atoms with Crippen LogP contribution in [0.3, 0.4) is 0 Å². The van der Waals surface area contributed by atoms with E-state index in [9.17, 15) is 4.79 Å². The van der Waals surface area contributed by atoms with Crippen molar-refractivity contribution in [3.63, 3.8) is 0 Å². The number of nitrogens with one attached hydrogen (secondary N) is 1. The summed E-state index contributed by atoms with van der Waals surface area (Å²) < 4.78 is 0. The van der Waals surface area contributed by atoms with Crippen LogP contribution in [0.15, 0.2) is 0 Å². The van der Waals surface area contributed by atoms with Crippen molar-refractivity contribution >= 4 is 28.2 Å². The van der Waals surface area contributed by atoms with E-state index in [1.54, 1.807) is 0 Å². The number of anilines is 2. The van der Waals surface area contributed by atoms with Crippen LogP contribution in [0.1, 0.15) is 35.9 Å². The van der Waals surface area contributed by atoms with Gasteiger partial charge in [-0.15, -0.1) is 0 Å². The van der Waals surface area contributed by atoms with Gasteiger partial charge in [-0.3, -0.25) is 4.79 Å². The van der Waals surface area contributed by atoms with E-state index in [4.69, 9.17) is 5.73 Å². The minimum Gasteiger partial charge on any atom is -0.382 e. The molecule has 3 N–H and O–H groups in total. The van der Waals surface area contributed by atoms with E-state index in [0.717, 1.165) is 44.0 Å². The Morgan fingerprint density at radius 2 is 2.33 bits per heavy atom. The van der Waals surface area contributed by atoms with Crippen LogP contribution in [0.5, 0.6) is 0 Å². The lowest BCUT2D eigenvalue weighted by Crippen LogP contribution is -2.47. The van der Waals surface area contributed by atoms with Crippen molar-refractivity contribution in [1.82, 2.24) is 14.8 Å². The van der Waals surface area contributed by atoms with Crippen molar-refractivity contribution in [2.24, 2.45) is 0 Å². The highest BCUT2D eigenvalue weighted by atomic mass is 32.1. The Morgan fingerprint density at radius 1 is 1.57 bits per heavy atom. The summed E-state index contributed by atoms with van der Waals surface area (Å²) in [7, 11) is 4.12. The molecule has 6 nitrogen and oxygen atoms in total. The summed E-state index contributed by atoms with van der Waals surface area (Å²) in [5.41, 5.74) is 5.92. The van der Waals surface area contributed by atoms with E-state index in [1.165, 1.54) is 11.3 Å². The van der Waals surface area contributed by atoms with Gasteiger partial charge in [-0.1, -0.05) is 18.3 Å². The molecule has 0 spiro atoms. The molecule has 21 heavy (non-hydrogen) atoms. The van der Waals surface area contributed by atoms with Crippen LogP contribution in [-0.4, -0.2) is 60.5 Å². The first-order valence-corrected chi connectivity index (χ1v) is 8.30. The molecule has 1 aliphatic rings. The number of piperidine rings is 1. The van der Waals surface area contributed by atoms with E-state index < -0.39 is 0 Å². The van der Waals surface area contributed by atoms with Crippen LogP contribution >= 0.6 is 11.3 Å². The normalized spacial score (nSPS) is 19.0. The average molecular weight is 311 g/mol. The summed E-state index contributed by atoms with van der Waals surface area (Å²) in [6.45, 7) is 4.50. The molecule has 2 rings (SSSR count). The van der Waals surface area contributed by atoms with Crippen LogP contribution < -0.4 is 11.1 Å². The maximum absolute atomic E-state index is 12.6. The summed E-state index contributed by atoms with van der Waals surface area (Å²) in [6.07, 6.45) is 3.19. The third kappa shape index (κ3) is 3.85. The Bertz CT molecular complexity index is 488. The molecule has 1 fully saturated rings. The maximum atomic E-state index is 12.6. The largest absolute Gasteiger partial charge is 0.382 e. The predicted molar refractivity (Wildman–Crippen MR) is 87.9 cm³/mol. The van der Waals surface area contributed by atoms with Crippen LogP contribution in [0.4, 0.5) is 10.9 Å². The molecular formula is C14H25N5OS. The number of rotatable bonds is 5. The number of likely N-dealkylation sites (tertiary alicyclic amines) is 1. The molecule has 1 aliphatic heterocycles. The number of carbonyl (C=O) groups is 1. The molecule has 1 aromatic heterocycles. The number of likely N-dealkylation sites (N-methyl/N-ethyl adjacent to an activating group) is 1. The molecule has 7 heteroatoms. The Kier molecular flexibility index (Phi) is 5.41. The first-order chi connectivity index (χ1) is 10.0. The van der Waals surface area contributed by atoms with Crippen LogP contribution in [-0.2, 0) is 0 Å². The Labute approximate surface area is 130 Å². The van der Waals surface area contributed by atoms with Gasteiger partial charge in [0, 0.05) is 25.7 Å². The highest BCUT2D eigenvalue weighted by Crippen LogP contribution is 2.27. The standard InChI is InChI=1S/C14H25N5OS/c1-4-7-16-14-17-12(15)11(21-14)13(20)19-8-5-6-10(9-19)18(2)3/h10H,4-9,15H2,1-3H3,(H,16,17). The van der Waals surface area contributed by atoms with Crippen molar-refractivity contribution in [3.8, 4) is 0 Å².